The first-order valence-electron chi connectivity index (χ1n) is 19.5. The highest BCUT2D eigenvalue weighted by Crippen LogP contribution is 2.61. The van der Waals surface area contributed by atoms with Crippen LogP contribution in [0.15, 0.2) is 70.7 Å². The highest BCUT2D eigenvalue weighted by molar-refractivity contribution is 7.19. The average Bonchev–Trinajstić information content (AvgIpc) is 3.88. The van der Waals surface area contributed by atoms with Gasteiger partial charge >= 0.3 is 0 Å². The fraction of sp³-hybridized carbons (Fsp3) is 0.395. The Hall–Kier alpha value is -5.18. The molecule has 14 heteroatoms. The number of benzene rings is 2. The topological polar surface area (TPSA) is 158 Å². The molecule has 7 atom stereocenters. The first-order valence-corrected chi connectivity index (χ1v) is 21.2. The van der Waals surface area contributed by atoms with Gasteiger partial charge in [0.25, 0.3) is 0 Å². The lowest BCUT2D eigenvalue weighted by Gasteiger charge is -2.29. The Morgan fingerprint density at radius 1 is 0.982 bits per heavy atom. The Bertz CT molecular complexity index is 2460. The zero-order valence-electron chi connectivity index (χ0n) is 32.4. The minimum Gasteiger partial charge on any atom is -0.507 e. The van der Waals surface area contributed by atoms with Gasteiger partial charge < -0.3 is 29.9 Å². The number of fused-ring (bicyclic) bond motifs is 2. The molecule has 0 bridgehead atoms. The number of aromatic nitrogens is 4. The quantitative estimate of drug-likeness (QED) is 0.129. The molecule has 9 rings (SSSR count). The number of para-hydroxylation sites is 1. The molecule has 294 valence electrons. The summed E-state index contributed by atoms with van der Waals surface area (Å²) in [6.07, 6.45) is -0.637. The number of aromatic hydroxyl groups is 1. The summed E-state index contributed by atoms with van der Waals surface area (Å²) < 4.78 is 5.91. The van der Waals surface area contributed by atoms with Gasteiger partial charge in [-0.1, -0.05) is 55.4 Å². The van der Waals surface area contributed by atoms with Crippen molar-refractivity contribution in [1.29, 1.82) is 0 Å². The van der Waals surface area contributed by atoms with Crippen LogP contribution in [0.5, 0.6) is 5.75 Å². The van der Waals surface area contributed by atoms with Gasteiger partial charge in [0.2, 0.25) is 11.8 Å². The summed E-state index contributed by atoms with van der Waals surface area (Å²) in [5.41, 5.74) is 7.39. The van der Waals surface area contributed by atoms with Gasteiger partial charge in [0.05, 0.1) is 33.9 Å². The number of rotatable bonds is 10. The lowest BCUT2D eigenvalue weighted by molar-refractivity contribution is -0.141. The Morgan fingerprint density at radius 2 is 1.74 bits per heavy atom. The minimum absolute atomic E-state index is 0.0774. The van der Waals surface area contributed by atoms with Crippen LogP contribution in [0.1, 0.15) is 72.5 Å². The number of aryl methyl sites for hydroxylation is 2. The molecule has 1 aliphatic carbocycles. The molecule has 6 heterocycles. The third-order valence-electron chi connectivity index (χ3n) is 12.1. The van der Waals surface area contributed by atoms with Gasteiger partial charge in [-0.25, -0.2) is 4.98 Å². The molecular formula is C43H45N7O5S2. The second-order valence-corrected chi connectivity index (χ2v) is 18.0. The number of β-amino-alcohol motifs (C(OH)–C–C–N with tert-alkyl or cyclic N) is 1. The summed E-state index contributed by atoms with van der Waals surface area (Å²) in [5, 5.41) is 38.7. The third-order valence-corrected chi connectivity index (χ3v) is 14.4. The summed E-state index contributed by atoms with van der Waals surface area (Å²) in [6, 6.07) is 18.1. The Labute approximate surface area is 338 Å². The van der Waals surface area contributed by atoms with E-state index in [4.69, 9.17) is 4.52 Å². The predicted molar refractivity (Wildman–Crippen MR) is 220 cm³/mol. The Kier molecular flexibility index (Phi) is 9.61. The second kappa shape index (κ2) is 14.6. The van der Waals surface area contributed by atoms with Crippen LogP contribution in [-0.4, -0.2) is 79.0 Å². The third kappa shape index (κ3) is 6.76. The van der Waals surface area contributed by atoms with Crippen LogP contribution in [0.4, 0.5) is 5.82 Å². The van der Waals surface area contributed by atoms with Crippen molar-refractivity contribution in [2.75, 3.05) is 24.5 Å². The molecule has 2 amide bonds. The number of hydrogen-bond donors (Lipinski definition) is 3. The van der Waals surface area contributed by atoms with E-state index in [1.807, 2.05) is 81.7 Å². The van der Waals surface area contributed by atoms with Crippen molar-refractivity contribution < 1.29 is 24.3 Å². The normalized spacial score (nSPS) is 22.6. The molecule has 3 aliphatic rings. The Morgan fingerprint density at radius 3 is 2.44 bits per heavy atom. The number of nitrogens with zero attached hydrogens (tertiary/aromatic N) is 6. The minimum atomic E-state index is -0.805. The van der Waals surface area contributed by atoms with Crippen LogP contribution in [0.3, 0.4) is 0 Å². The summed E-state index contributed by atoms with van der Waals surface area (Å²) in [6.45, 7) is 11.7. The maximum absolute atomic E-state index is 14.3. The predicted octanol–water partition coefficient (Wildman–Crippen LogP) is 7.22. The van der Waals surface area contributed by atoms with Crippen LogP contribution < -0.4 is 10.2 Å². The molecule has 2 saturated heterocycles. The van der Waals surface area contributed by atoms with E-state index in [9.17, 15) is 19.8 Å². The zero-order valence-corrected chi connectivity index (χ0v) is 34.1. The number of carbonyl (C=O) groups excluding carboxylic acids is 2. The van der Waals surface area contributed by atoms with E-state index in [1.165, 1.54) is 15.3 Å². The molecule has 2 aromatic carbocycles. The monoisotopic (exact) mass is 803 g/mol. The second-order valence-electron chi connectivity index (χ2n) is 16.1. The van der Waals surface area contributed by atoms with Gasteiger partial charge in [-0.2, -0.15) is 0 Å². The van der Waals surface area contributed by atoms with E-state index in [-0.39, 0.29) is 42.5 Å². The first kappa shape index (κ1) is 37.4. The van der Waals surface area contributed by atoms with Gasteiger partial charge in [0, 0.05) is 53.9 Å². The number of anilines is 1. The van der Waals surface area contributed by atoms with Crippen molar-refractivity contribution in [3.8, 4) is 27.4 Å². The number of piperidine rings is 1. The van der Waals surface area contributed by atoms with Crippen molar-refractivity contribution >= 4 is 50.5 Å². The Balaban J connectivity index is 0.855. The van der Waals surface area contributed by atoms with E-state index in [2.05, 4.69) is 37.5 Å². The lowest BCUT2D eigenvalue weighted by atomic mass is 9.91. The highest BCUT2D eigenvalue weighted by atomic mass is 32.1. The smallest absolute Gasteiger partial charge is 0.243 e. The fourth-order valence-corrected chi connectivity index (χ4v) is 11.1. The molecular weight excluding hydrogens is 759 g/mol. The van der Waals surface area contributed by atoms with Crippen molar-refractivity contribution in [3.63, 3.8) is 0 Å². The number of phenols is 1. The molecule has 1 saturated carbocycles. The number of aliphatic hydroxyl groups is 1. The molecule has 4 aromatic heterocycles. The van der Waals surface area contributed by atoms with Crippen molar-refractivity contribution in [2.24, 2.45) is 17.8 Å². The number of thiophene rings is 1. The molecule has 2 aliphatic heterocycles. The average molecular weight is 804 g/mol. The molecule has 6 aromatic rings. The summed E-state index contributed by atoms with van der Waals surface area (Å²) >= 11 is 3.30. The molecule has 3 fully saturated rings. The van der Waals surface area contributed by atoms with Gasteiger partial charge in [0.15, 0.2) is 11.6 Å². The number of thiazole rings is 1. The molecule has 57 heavy (non-hydrogen) atoms. The number of aliphatic hydroxyl groups excluding tert-OH is 1. The van der Waals surface area contributed by atoms with E-state index in [0.29, 0.717) is 40.6 Å². The van der Waals surface area contributed by atoms with Gasteiger partial charge in [-0.3, -0.25) is 9.59 Å². The lowest BCUT2D eigenvalue weighted by Crippen LogP contribution is -2.48. The number of carbonyl (C=O) groups is 2. The van der Waals surface area contributed by atoms with Gasteiger partial charge in [-0.05, 0) is 73.4 Å². The highest BCUT2D eigenvalue weighted by Gasteiger charge is 2.58. The molecule has 1 unspecified atom stereocenters. The maximum Gasteiger partial charge on any atom is 0.243 e. The van der Waals surface area contributed by atoms with E-state index < -0.39 is 18.1 Å². The number of nitrogens with one attached hydrogen (secondary N) is 1. The van der Waals surface area contributed by atoms with Crippen LogP contribution in [-0.2, 0) is 9.59 Å². The summed E-state index contributed by atoms with van der Waals surface area (Å²) in [5.74, 6) is 1.39. The number of amides is 2. The molecule has 12 nitrogen and oxygen atoms in total. The van der Waals surface area contributed by atoms with Gasteiger partial charge in [0.1, 0.15) is 22.5 Å². The van der Waals surface area contributed by atoms with Crippen molar-refractivity contribution in [2.45, 2.75) is 71.1 Å². The number of likely N-dealkylation sites (tertiary alicyclic amines) is 1. The molecule has 0 radical (unpaired) electrons. The standard InChI is InChI=1S/C43H45N7O5S2/c1-21(2)37(43(54)50-17-27(51)14-33(50)41(53)45-23(4)25-10-12-26(13-11-25)40-24(5)44-20-56-40)35-16-36(48-55-35)49-18-30-31(19-49)38(30)39-22(3)29-15-32(46-47-42(29)57-39)28-8-6-7-9-34(28)52/h6-13,15-16,20-21,23,27,30-31,33,37-38,51-52H,14,17-19H2,1-5H3,(H,45,53)/t23-,27+,30-,31+,33-,37+,38?/m0/s1. The van der Waals surface area contributed by atoms with Crippen LogP contribution in [0.2, 0.25) is 0 Å². The van der Waals surface area contributed by atoms with Crippen molar-refractivity contribution in [3.05, 3.63) is 93.6 Å². The van der Waals surface area contributed by atoms with Crippen molar-refractivity contribution in [1.82, 2.24) is 30.6 Å². The summed E-state index contributed by atoms with van der Waals surface area (Å²) in [4.78, 5) is 39.5. The largest absolute Gasteiger partial charge is 0.507 e. The van der Waals surface area contributed by atoms with E-state index >= 15 is 0 Å². The van der Waals surface area contributed by atoms with E-state index in [1.54, 1.807) is 34.8 Å². The van der Waals surface area contributed by atoms with Crippen LogP contribution in [0.25, 0.3) is 31.9 Å². The van der Waals surface area contributed by atoms with Crippen LogP contribution in [0, 0.1) is 31.6 Å². The number of hydrogen-bond acceptors (Lipinski definition) is 12. The maximum atomic E-state index is 14.3. The SMILES string of the molecule is Cc1ncsc1-c1ccc([C@H](C)NC(=O)[C@@H]2C[C@@H](O)CN2C(=O)[C@@H](c2cc(N3C[C@@H]4C(c5sc6nnc(-c7ccccc7O)cc6c5C)[C@@H]4C3)no2)C(C)C)cc1. The summed E-state index contributed by atoms with van der Waals surface area (Å²) in [7, 11) is 0. The van der Waals surface area contributed by atoms with E-state index in [0.717, 1.165) is 45.0 Å². The molecule has 0 spiro atoms. The fourth-order valence-electron chi connectivity index (χ4n) is 8.97. The van der Waals surface area contributed by atoms with Crippen LogP contribution >= 0.6 is 22.7 Å². The van der Waals surface area contributed by atoms with Gasteiger partial charge in [-0.15, -0.1) is 32.9 Å². The zero-order chi connectivity index (χ0) is 39.7. The first-order chi connectivity index (χ1) is 27.5. The number of phenolic OH excluding ortho intramolecular Hbond substituents is 1. The molecule has 3 N–H and O–H groups in total.